The van der Waals surface area contributed by atoms with Crippen molar-refractivity contribution in [1.29, 1.82) is 0 Å². The van der Waals surface area contributed by atoms with Gasteiger partial charge in [0.05, 0.1) is 17.1 Å². The molecular formula is C13H18FNO2S. The highest BCUT2D eigenvalue weighted by Crippen LogP contribution is 2.22. The van der Waals surface area contributed by atoms with E-state index in [1.54, 1.807) is 12.1 Å². The molecule has 2 N–H and O–H groups in total. The van der Waals surface area contributed by atoms with Gasteiger partial charge in [0.25, 0.3) is 0 Å². The van der Waals surface area contributed by atoms with Gasteiger partial charge in [0.2, 0.25) is 0 Å². The van der Waals surface area contributed by atoms with Crippen molar-refractivity contribution in [2.45, 2.75) is 37.0 Å². The average Bonchev–Trinajstić information content (AvgIpc) is 2.78. The molecule has 0 saturated carbocycles. The summed E-state index contributed by atoms with van der Waals surface area (Å²) in [6.45, 7) is 2.88. The molecule has 1 aliphatic rings. The van der Waals surface area contributed by atoms with Gasteiger partial charge in [0.15, 0.2) is 0 Å². The maximum atomic E-state index is 13.8. The summed E-state index contributed by atoms with van der Waals surface area (Å²) in [6.07, 6.45) is 0.785. The molecule has 3 atom stereocenters. The van der Waals surface area contributed by atoms with Crippen molar-refractivity contribution in [1.82, 2.24) is 0 Å². The molecule has 100 valence electrons. The Balaban J connectivity index is 2.07. The van der Waals surface area contributed by atoms with Gasteiger partial charge in [-0.05, 0) is 25.0 Å². The van der Waals surface area contributed by atoms with Crippen LogP contribution in [0.4, 0.5) is 4.39 Å². The molecular weight excluding hydrogens is 253 g/mol. The Morgan fingerprint density at radius 3 is 2.89 bits per heavy atom. The minimum Gasteiger partial charge on any atom is -0.377 e. The Bertz CT molecular complexity index is 453. The van der Waals surface area contributed by atoms with Crippen LogP contribution in [0.2, 0.25) is 0 Å². The predicted octanol–water partition coefficient (Wildman–Crippen LogP) is 1.71. The first-order valence-electron chi connectivity index (χ1n) is 6.08. The number of hydrogen-bond acceptors (Lipinski definition) is 3. The molecule has 3 unspecified atom stereocenters. The van der Waals surface area contributed by atoms with Crippen molar-refractivity contribution >= 4 is 10.8 Å². The Morgan fingerprint density at radius 1 is 1.56 bits per heavy atom. The van der Waals surface area contributed by atoms with Crippen molar-refractivity contribution < 1.29 is 13.3 Å². The molecule has 0 radical (unpaired) electrons. The summed E-state index contributed by atoms with van der Waals surface area (Å²) in [4.78, 5) is 0. The quantitative estimate of drug-likeness (QED) is 0.907. The predicted molar refractivity (Wildman–Crippen MR) is 70.0 cm³/mol. The maximum absolute atomic E-state index is 13.8. The molecule has 1 saturated heterocycles. The lowest BCUT2D eigenvalue weighted by atomic mass is 10.1. The van der Waals surface area contributed by atoms with Crippen LogP contribution in [-0.2, 0) is 27.8 Å². The number of ether oxygens (including phenoxy) is 1. The maximum Gasteiger partial charge on any atom is 0.127 e. The van der Waals surface area contributed by atoms with Gasteiger partial charge in [0.1, 0.15) is 5.82 Å². The summed E-state index contributed by atoms with van der Waals surface area (Å²) < 4.78 is 31.3. The van der Waals surface area contributed by atoms with Gasteiger partial charge in [-0.15, -0.1) is 0 Å². The van der Waals surface area contributed by atoms with E-state index in [2.05, 4.69) is 0 Å². The van der Waals surface area contributed by atoms with Crippen LogP contribution >= 0.6 is 0 Å². The van der Waals surface area contributed by atoms with Crippen LogP contribution in [0.1, 0.15) is 24.5 Å². The second-order valence-electron chi connectivity index (χ2n) is 4.56. The molecule has 1 aromatic carbocycles. The molecule has 1 fully saturated rings. The van der Waals surface area contributed by atoms with E-state index in [1.807, 2.05) is 6.92 Å². The van der Waals surface area contributed by atoms with Crippen molar-refractivity contribution in [3.8, 4) is 0 Å². The van der Waals surface area contributed by atoms with Crippen molar-refractivity contribution in [2.75, 3.05) is 6.61 Å². The normalized spacial score (nSPS) is 25.3. The van der Waals surface area contributed by atoms with Crippen LogP contribution in [0.15, 0.2) is 18.2 Å². The van der Waals surface area contributed by atoms with E-state index >= 15 is 0 Å². The molecule has 5 heteroatoms. The molecule has 18 heavy (non-hydrogen) atoms. The minimum atomic E-state index is -1.09. The number of halogens is 1. The number of hydrogen-bond donors (Lipinski definition) is 1. The summed E-state index contributed by atoms with van der Waals surface area (Å²) in [5, 5.41) is 0.0126. The van der Waals surface area contributed by atoms with E-state index in [9.17, 15) is 8.60 Å². The summed E-state index contributed by atoms with van der Waals surface area (Å²) >= 11 is 0. The third kappa shape index (κ3) is 2.96. The molecule has 2 rings (SSSR count). The first kappa shape index (κ1) is 13.6. The van der Waals surface area contributed by atoms with Crippen LogP contribution in [-0.4, -0.2) is 22.2 Å². The SMILES string of the molecule is CC1OCCC1S(=O)Cc1ccc(CN)cc1F. The van der Waals surface area contributed by atoms with Crippen molar-refractivity contribution in [3.05, 3.63) is 35.1 Å². The second kappa shape index (κ2) is 5.91. The summed E-state index contributed by atoms with van der Waals surface area (Å²) in [5.74, 6) is -0.0763. The van der Waals surface area contributed by atoms with E-state index in [-0.39, 0.29) is 22.9 Å². The first-order valence-corrected chi connectivity index (χ1v) is 7.46. The van der Waals surface area contributed by atoms with E-state index in [1.165, 1.54) is 6.07 Å². The lowest BCUT2D eigenvalue weighted by Crippen LogP contribution is -2.24. The fourth-order valence-corrected chi connectivity index (χ4v) is 3.77. The zero-order valence-electron chi connectivity index (χ0n) is 10.4. The summed E-state index contributed by atoms with van der Waals surface area (Å²) in [7, 11) is -1.09. The molecule has 0 aliphatic carbocycles. The molecule has 3 nitrogen and oxygen atoms in total. The van der Waals surface area contributed by atoms with Crippen LogP contribution in [0.5, 0.6) is 0 Å². The standard InChI is InChI=1S/C13H18FNO2S/c1-9-13(4-5-17-9)18(16)8-11-3-2-10(7-15)6-12(11)14/h2-3,6,9,13H,4-5,7-8,15H2,1H3. The Hall–Kier alpha value is -0.780. The van der Waals surface area contributed by atoms with Gasteiger partial charge in [0, 0.05) is 29.5 Å². The van der Waals surface area contributed by atoms with Crippen LogP contribution in [0.25, 0.3) is 0 Å². The highest BCUT2D eigenvalue weighted by Gasteiger charge is 2.29. The summed E-state index contributed by atoms with van der Waals surface area (Å²) in [5.41, 5.74) is 6.68. The lowest BCUT2D eigenvalue weighted by molar-refractivity contribution is 0.127. The molecule has 0 spiro atoms. The van der Waals surface area contributed by atoms with E-state index < -0.39 is 10.8 Å². The minimum absolute atomic E-state index is 0.00258. The lowest BCUT2D eigenvalue weighted by Gasteiger charge is -2.14. The number of nitrogens with two attached hydrogens (primary N) is 1. The van der Waals surface area contributed by atoms with E-state index in [0.717, 1.165) is 12.0 Å². The Kier molecular flexibility index (Phi) is 4.48. The number of benzene rings is 1. The van der Waals surface area contributed by atoms with Gasteiger partial charge >= 0.3 is 0 Å². The summed E-state index contributed by atoms with van der Waals surface area (Å²) in [6, 6.07) is 4.88. The largest absolute Gasteiger partial charge is 0.377 e. The second-order valence-corrected chi connectivity index (χ2v) is 6.21. The van der Waals surface area contributed by atoms with Crippen molar-refractivity contribution in [3.63, 3.8) is 0 Å². The van der Waals surface area contributed by atoms with E-state index in [4.69, 9.17) is 10.5 Å². The van der Waals surface area contributed by atoms with Crippen LogP contribution in [0, 0.1) is 5.82 Å². The van der Waals surface area contributed by atoms with Gasteiger partial charge in [-0.1, -0.05) is 12.1 Å². The Labute approximate surface area is 109 Å². The third-order valence-electron chi connectivity index (χ3n) is 3.30. The van der Waals surface area contributed by atoms with Crippen LogP contribution in [0.3, 0.4) is 0 Å². The molecule has 0 amide bonds. The molecule has 0 bridgehead atoms. The smallest absolute Gasteiger partial charge is 0.127 e. The topological polar surface area (TPSA) is 52.3 Å². The molecule has 1 heterocycles. The molecule has 1 aromatic rings. The van der Waals surface area contributed by atoms with Gasteiger partial charge in [-0.2, -0.15) is 0 Å². The molecule has 1 aliphatic heterocycles. The monoisotopic (exact) mass is 271 g/mol. The van der Waals surface area contributed by atoms with Gasteiger partial charge < -0.3 is 10.5 Å². The number of rotatable bonds is 4. The average molecular weight is 271 g/mol. The fraction of sp³-hybridized carbons (Fsp3) is 0.538. The highest BCUT2D eigenvalue weighted by atomic mass is 32.2. The highest BCUT2D eigenvalue weighted by molar-refractivity contribution is 7.84. The zero-order valence-corrected chi connectivity index (χ0v) is 11.2. The van der Waals surface area contributed by atoms with Crippen LogP contribution < -0.4 is 5.73 Å². The van der Waals surface area contributed by atoms with Gasteiger partial charge in [-0.3, -0.25) is 4.21 Å². The van der Waals surface area contributed by atoms with Crippen molar-refractivity contribution in [2.24, 2.45) is 5.73 Å². The first-order chi connectivity index (χ1) is 8.61. The zero-order chi connectivity index (χ0) is 13.1. The van der Waals surface area contributed by atoms with Gasteiger partial charge in [-0.25, -0.2) is 4.39 Å². The van der Waals surface area contributed by atoms with E-state index in [0.29, 0.717) is 18.7 Å². The Morgan fingerprint density at radius 2 is 2.33 bits per heavy atom. The third-order valence-corrected chi connectivity index (χ3v) is 5.19. The fourth-order valence-electron chi connectivity index (χ4n) is 2.15. The molecule has 0 aromatic heterocycles.